The second-order valence-electron chi connectivity index (χ2n) is 6.49. The molecule has 0 unspecified atom stereocenters. The van der Waals surface area contributed by atoms with Crippen LogP contribution in [0.2, 0.25) is 0 Å². The first-order valence-corrected chi connectivity index (χ1v) is 9.01. The molecule has 1 aliphatic heterocycles. The van der Waals surface area contributed by atoms with Gasteiger partial charge >= 0.3 is 6.03 Å². The highest BCUT2D eigenvalue weighted by atomic mass is 16.5. The third kappa shape index (κ3) is 3.94. The van der Waals surface area contributed by atoms with E-state index in [0.29, 0.717) is 12.3 Å². The zero-order valence-electron chi connectivity index (χ0n) is 15.0. The van der Waals surface area contributed by atoms with Crippen molar-refractivity contribution in [2.75, 3.05) is 39.5 Å². The van der Waals surface area contributed by atoms with Gasteiger partial charge in [-0.3, -0.25) is 9.47 Å². The van der Waals surface area contributed by atoms with E-state index in [0.717, 1.165) is 55.1 Å². The fourth-order valence-corrected chi connectivity index (χ4v) is 3.24. The fraction of sp³-hybridized carbons (Fsp3) is 0.300. The summed E-state index contributed by atoms with van der Waals surface area (Å²) in [5, 5.41) is 0.866. The Morgan fingerprint density at radius 3 is 2.85 bits per heavy atom. The van der Waals surface area contributed by atoms with Gasteiger partial charge in [-0.15, -0.1) is 0 Å². The SMILES string of the molecule is NC(=O)n1ccc2cc(-c3cccc(OCCN4CCOCC4)c3)cnc21. The molecule has 2 N–H and O–H groups in total. The maximum atomic E-state index is 11.4. The highest BCUT2D eigenvalue weighted by molar-refractivity contribution is 5.90. The minimum Gasteiger partial charge on any atom is -0.492 e. The third-order valence-corrected chi connectivity index (χ3v) is 4.71. The smallest absolute Gasteiger partial charge is 0.324 e. The van der Waals surface area contributed by atoms with E-state index in [-0.39, 0.29) is 0 Å². The van der Waals surface area contributed by atoms with Crippen LogP contribution in [0.25, 0.3) is 22.2 Å². The number of rotatable bonds is 5. The van der Waals surface area contributed by atoms with Gasteiger partial charge in [0.2, 0.25) is 0 Å². The number of carbonyl (C=O) groups excluding carboxylic acids is 1. The number of pyridine rings is 1. The van der Waals surface area contributed by atoms with E-state index < -0.39 is 6.03 Å². The van der Waals surface area contributed by atoms with Gasteiger partial charge in [0.25, 0.3) is 0 Å². The number of benzene rings is 1. The standard InChI is InChI=1S/C20H22N4O3/c21-20(25)24-5-4-16-12-17(14-22-19(16)24)15-2-1-3-18(13-15)27-11-8-23-6-9-26-10-7-23/h1-5,12-14H,6-11H2,(H2,21,25). The first-order valence-electron chi connectivity index (χ1n) is 9.01. The molecule has 0 bridgehead atoms. The zero-order valence-corrected chi connectivity index (χ0v) is 15.0. The number of morpholine rings is 1. The predicted molar refractivity (Wildman–Crippen MR) is 103 cm³/mol. The molecule has 1 aliphatic rings. The summed E-state index contributed by atoms with van der Waals surface area (Å²) in [5.74, 6) is 0.829. The first-order chi connectivity index (χ1) is 13.2. The van der Waals surface area contributed by atoms with Gasteiger partial charge < -0.3 is 15.2 Å². The normalized spacial score (nSPS) is 15.1. The molecule has 3 heterocycles. The number of nitrogens with zero attached hydrogens (tertiary/aromatic N) is 3. The van der Waals surface area contributed by atoms with Crippen LogP contribution in [0, 0.1) is 0 Å². The van der Waals surface area contributed by atoms with Gasteiger partial charge in [-0.2, -0.15) is 0 Å². The van der Waals surface area contributed by atoms with Gasteiger partial charge in [0, 0.05) is 43.0 Å². The van der Waals surface area contributed by atoms with Gasteiger partial charge in [-0.05, 0) is 29.8 Å². The highest BCUT2D eigenvalue weighted by Gasteiger charge is 2.11. The van der Waals surface area contributed by atoms with E-state index in [1.54, 1.807) is 12.4 Å². The summed E-state index contributed by atoms with van der Waals surface area (Å²) in [4.78, 5) is 18.1. The lowest BCUT2D eigenvalue weighted by Crippen LogP contribution is -2.38. The lowest BCUT2D eigenvalue weighted by Gasteiger charge is -2.26. The summed E-state index contributed by atoms with van der Waals surface area (Å²) >= 11 is 0. The number of aromatic nitrogens is 2. The second-order valence-corrected chi connectivity index (χ2v) is 6.49. The molecule has 4 rings (SSSR count). The fourth-order valence-electron chi connectivity index (χ4n) is 3.24. The van der Waals surface area contributed by atoms with Crippen molar-refractivity contribution in [3.05, 3.63) is 48.8 Å². The van der Waals surface area contributed by atoms with Gasteiger partial charge in [0.15, 0.2) is 0 Å². The first kappa shape index (κ1) is 17.5. The molecule has 1 fully saturated rings. The van der Waals surface area contributed by atoms with E-state index in [1.165, 1.54) is 4.57 Å². The minimum atomic E-state index is -0.541. The topological polar surface area (TPSA) is 82.6 Å². The number of primary amides is 1. The van der Waals surface area contributed by atoms with Crippen molar-refractivity contribution in [2.45, 2.75) is 0 Å². The molecule has 1 aromatic carbocycles. The van der Waals surface area contributed by atoms with Crippen LogP contribution in [0.1, 0.15) is 0 Å². The van der Waals surface area contributed by atoms with E-state index >= 15 is 0 Å². The van der Waals surface area contributed by atoms with Crippen molar-refractivity contribution in [3.63, 3.8) is 0 Å². The van der Waals surface area contributed by atoms with Crippen LogP contribution in [0.15, 0.2) is 48.8 Å². The van der Waals surface area contributed by atoms with E-state index in [2.05, 4.69) is 9.88 Å². The molecule has 0 radical (unpaired) electrons. The molecule has 0 aliphatic carbocycles. The van der Waals surface area contributed by atoms with Crippen molar-refractivity contribution in [3.8, 4) is 16.9 Å². The Bertz CT molecular complexity index is 947. The average molecular weight is 366 g/mol. The quantitative estimate of drug-likeness (QED) is 0.749. The summed E-state index contributed by atoms with van der Waals surface area (Å²) < 4.78 is 12.6. The molecular formula is C20H22N4O3. The summed E-state index contributed by atoms with van der Waals surface area (Å²) in [6.45, 7) is 5.04. The highest BCUT2D eigenvalue weighted by Crippen LogP contribution is 2.26. The van der Waals surface area contributed by atoms with E-state index in [9.17, 15) is 4.79 Å². The van der Waals surface area contributed by atoms with Gasteiger partial charge in [-0.1, -0.05) is 12.1 Å². The van der Waals surface area contributed by atoms with Crippen LogP contribution < -0.4 is 10.5 Å². The lowest BCUT2D eigenvalue weighted by molar-refractivity contribution is 0.0322. The molecule has 1 amide bonds. The van der Waals surface area contributed by atoms with E-state index in [4.69, 9.17) is 15.2 Å². The number of hydrogen-bond donors (Lipinski definition) is 1. The van der Waals surface area contributed by atoms with Crippen LogP contribution in [0.5, 0.6) is 5.75 Å². The Hall–Kier alpha value is -2.90. The van der Waals surface area contributed by atoms with Crippen LogP contribution in [-0.2, 0) is 4.74 Å². The monoisotopic (exact) mass is 366 g/mol. The van der Waals surface area contributed by atoms with Crippen molar-refractivity contribution >= 4 is 17.1 Å². The maximum Gasteiger partial charge on any atom is 0.324 e. The van der Waals surface area contributed by atoms with Gasteiger partial charge in [-0.25, -0.2) is 9.78 Å². The lowest BCUT2D eigenvalue weighted by atomic mass is 10.1. The van der Waals surface area contributed by atoms with Crippen molar-refractivity contribution in [1.82, 2.24) is 14.5 Å². The summed E-state index contributed by atoms with van der Waals surface area (Å²) in [6, 6.07) is 11.2. The number of nitrogens with two attached hydrogens (primary N) is 1. The van der Waals surface area contributed by atoms with Crippen molar-refractivity contribution in [2.24, 2.45) is 5.73 Å². The molecule has 140 valence electrons. The molecule has 0 atom stereocenters. The molecule has 3 aromatic rings. The minimum absolute atomic E-state index is 0.541. The largest absolute Gasteiger partial charge is 0.492 e. The third-order valence-electron chi connectivity index (χ3n) is 4.71. The van der Waals surface area contributed by atoms with Crippen LogP contribution in [0.3, 0.4) is 0 Å². The Morgan fingerprint density at radius 2 is 2.04 bits per heavy atom. The number of carbonyl (C=O) groups is 1. The Kier molecular flexibility index (Phi) is 5.04. The number of fused-ring (bicyclic) bond motifs is 1. The number of hydrogen-bond acceptors (Lipinski definition) is 5. The maximum absolute atomic E-state index is 11.4. The number of ether oxygens (including phenoxy) is 2. The molecule has 0 spiro atoms. The van der Waals surface area contributed by atoms with Crippen molar-refractivity contribution < 1.29 is 14.3 Å². The van der Waals surface area contributed by atoms with Gasteiger partial charge in [0.05, 0.1) is 13.2 Å². The molecule has 7 heteroatoms. The second kappa shape index (κ2) is 7.77. The molecule has 2 aromatic heterocycles. The van der Waals surface area contributed by atoms with Crippen LogP contribution >= 0.6 is 0 Å². The number of amides is 1. The van der Waals surface area contributed by atoms with Crippen LogP contribution in [-0.4, -0.2) is 59.9 Å². The molecule has 0 saturated carbocycles. The zero-order chi connectivity index (χ0) is 18.6. The summed E-state index contributed by atoms with van der Waals surface area (Å²) in [5.41, 5.74) is 7.89. The molecular weight excluding hydrogens is 344 g/mol. The Balaban J connectivity index is 1.46. The predicted octanol–water partition coefficient (Wildman–Crippen LogP) is 2.34. The van der Waals surface area contributed by atoms with Gasteiger partial charge in [0.1, 0.15) is 18.0 Å². The summed E-state index contributed by atoms with van der Waals surface area (Å²) in [6.07, 6.45) is 3.38. The van der Waals surface area contributed by atoms with E-state index in [1.807, 2.05) is 36.4 Å². The van der Waals surface area contributed by atoms with Crippen molar-refractivity contribution in [1.29, 1.82) is 0 Å². The van der Waals surface area contributed by atoms with Crippen LogP contribution in [0.4, 0.5) is 4.79 Å². The molecule has 7 nitrogen and oxygen atoms in total. The average Bonchev–Trinajstić information content (AvgIpc) is 3.13. The Labute approximate surface area is 157 Å². The Morgan fingerprint density at radius 1 is 1.19 bits per heavy atom. The summed E-state index contributed by atoms with van der Waals surface area (Å²) in [7, 11) is 0. The molecule has 1 saturated heterocycles. The molecule has 27 heavy (non-hydrogen) atoms.